The van der Waals surface area contributed by atoms with E-state index in [0.717, 1.165) is 25.1 Å². The predicted octanol–water partition coefficient (Wildman–Crippen LogP) is 1.55. The fourth-order valence-corrected chi connectivity index (χ4v) is 1.67. The van der Waals surface area contributed by atoms with E-state index in [0.29, 0.717) is 12.2 Å². The molecular formula is C15H24N4O2. The van der Waals surface area contributed by atoms with Crippen LogP contribution in [0.3, 0.4) is 0 Å². The molecule has 0 aliphatic carbocycles. The van der Waals surface area contributed by atoms with Crippen LogP contribution in [-0.4, -0.2) is 35.9 Å². The molecule has 0 fully saturated rings. The molecule has 0 saturated heterocycles. The molecule has 1 aromatic heterocycles. The van der Waals surface area contributed by atoms with Gasteiger partial charge in [-0.3, -0.25) is 14.6 Å². The molecule has 116 valence electrons. The predicted molar refractivity (Wildman–Crippen MR) is 83.2 cm³/mol. The maximum absolute atomic E-state index is 12.1. The highest BCUT2D eigenvalue weighted by molar-refractivity contribution is 5.96. The summed E-state index contributed by atoms with van der Waals surface area (Å²) in [4.78, 5) is 27.8. The number of carbonyl (C=O) groups is 2. The molecule has 6 nitrogen and oxygen atoms in total. The Bertz CT molecular complexity index is 476. The number of anilines is 1. The van der Waals surface area contributed by atoms with Crippen molar-refractivity contribution in [3.05, 3.63) is 24.0 Å². The number of nitrogens with one attached hydrogen (secondary N) is 3. The van der Waals surface area contributed by atoms with Crippen molar-refractivity contribution in [1.82, 2.24) is 15.6 Å². The molecule has 1 rings (SSSR count). The maximum Gasteiger partial charge on any atom is 0.270 e. The van der Waals surface area contributed by atoms with Crippen LogP contribution < -0.4 is 16.0 Å². The molecule has 0 spiro atoms. The molecular weight excluding hydrogens is 268 g/mol. The molecule has 21 heavy (non-hydrogen) atoms. The monoisotopic (exact) mass is 292 g/mol. The minimum Gasteiger partial charge on any atom is -0.385 e. The Balaban J connectivity index is 2.60. The number of nitrogens with zero attached hydrogens (tertiary/aromatic N) is 1. The van der Waals surface area contributed by atoms with Gasteiger partial charge in [-0.15, -0.1) is 0 Å². The third kappa shape index (κ3) is 5.81. The standard InChI is InChI=1S/C15H24N4O2/c1-4-7-16-12-6-9-17-13(10-12)15(21)19-11(3)14(20)18-8-5-2/h6,9-11H,4-5,7-8H2,1-3H3,(H,16,17)(H,18,20)(H,19,21). The lowest BCUT2D eigenvalue weighted by Crippen LogP contribution is -2.45. The third-order valence-electron chi connectivity index (χ3n) is 2.86. The highest BCUT2D eigenvalue weighted by Gasteiger charge is 2.16. The molecule has 1 unspecified atom stereocenters. The first kappa shape index (κ1) is 16.9. The largest absolute Gasteiger partial charge is 0.385 e. The summed E-state index contributed by atoms with van der Waals surface area (Å²) in [6, 6.07) is 2.91. The average Bonchev–Trinajstić information content (AvgIpc) is 2.50. The molecule has 0 bridgehead atoms. The summed E-state index contributed by atoms with van der Waals surface area (Å²) in [5.74, 6) is -0.542. The van der Waals surface area contributed by atoms with Crippen LogP contribution in [0, 0.1) is 0 Å². The van der Waals surface area contributed by atoms with Crippen molar-refractivity contribution in [2.24, 2.45) is 0 Å². The minimum absolute atomic E-state index is 0.189. The first-order chi connectivity index (χ1) is 10.1. The number of hydrogen-bond donors (Lipinski definition) is 3. The van der Waals surface area contributed by atoms with Crippen molar-refractivity contribution in [3.8, 4) is 0 Å². The van der Waals surface area contributed by atoms with Crippen LogP contribution in [0.1, 0.15) is 44.1 Å². The number of amides is 2. The SMILES string of the molecule is CCCNC(=O)C(C)NC(=O)c1cc(NCCC)ccn1. The highest BCUT2D eigenvalue weighted by Crippen LogP contribution is 2.08. The summed E-state index contributed by atoms with van der Waals surface area (Å²) in [6.07, 6.45) is 3.44. The molecule has 1 atom stereocenters. The summed E-state index contributed by atoms with van der Waals surface area (Å²) in [6.45, 7) is 7.14. The fourth-order valence-electron chi connectivity index (χ4n) is 1.67. The van der Waals surface area contributed by atoms with Crippen molar-refractivity contribution in [2.75, 3.05) is 18.4 Å². The average molecular weight is 292 g/mol. The van der Waals surface area contributed by atoms with Crippen LogP contribution in [0.25, 0.3) is 0 Å². The highest BCUT2D eigenvalue weighted by atomic mass is 16.2. The second-order valence-electron chi connectivity index (χ2n) is 4.84. The number of rotatable bonds is 8. The van der Waals surface area contributed by atoms with Gasteiger partial charge >= 0.3 is 0 Å². The van der Waals surface area contributed by atoms with E-state index in [-0.39, 0.29) is 11.8 Å². The van der Waals surface area contributed by atoms with Gasteiger partial charge in [-0.1, -0.05) is 13.8 Å². The Kier molecular flexibility index (Phi) is 7.21. The zero-order valence-electron chi connectivity index (χ0n) is 12.9. The summed E-state index contributed by atoms with van der Waals surface area (Å²) >= 11 is 0. The normalized spacial score (nSPS) is 11.6. The van der Waals surface area contributed by atoms with E-state index in [9.17, 15) is 9.59 Å². The lowest BCUT2D eigenvalue weighted by molar-refractivity contribution is -0.122. The number of aromatic nitrogens is 1. The van der Waals surface area contributed by atoms with E-state index in [4.69, 9.17) is 0 Å². The van der Waals surface area contributed by atoms with Crippen LogP contribution in [0.4, 0.5) is 5.69 Å². The van der Waals surface area contributed by atoms with Gasteiger partial charge in [0.25, 0.3) is 5.91 Å². The first-order valence-corrected chi connectivity index (χ1v) is 7.37. The molecule has 0 aliphatic rings. The second kappa shape index (κ2) is 8.94. The van der Waals surface area contributed by atoms with Crippen molar-refractivity contribution >= 4 is 17.5 Å². The van der Waals surface area contributed by atoms with E-state index < -0.39 is 6.04 Å². The summed E-state index contributed by atoms with van der Waals surface area (Å²) in [7, 11) is 0. The van der Waals surface area contributed by atoms with Crippen LogP contribution in [0.2, 0.25) is 0 Å². The van der Waals surface area contributed by atoms with E-state index in [1.807, 2.05) is 13.0 Å². The Morgan fingerprint density at radius 3 is 2.62 bits per heavy atom. The lowest BCUT2D eigenvalue weighted by Gasteiger charge is -2.14. The lowest BCUT2D eigenvalue weighted by atomic mass is 10.2. The van der Waals surface area contributed by atoms with Gasteiger partial charge in [0.1, 0.15) is 11.7 Å². The molecule has 1 heterocycles. The zero-order chi connectivity index (χ0) is 15.7. The van der Waals surface area contributed by atoms with Crippen molar-refractivity contribution in [2.45, 2.75) is 39.7 Å². The number of carbonyl (C=O) groups excluding carboxylic acids is 2. The van der Waals surface area contributed by atoms with E-state index >= 15 is 0 Å². The Labute approximate surface area is 125 Å². The minimum atomic E-state index is -0.585. The van der Waals surface area contributed by atoms with Crippen LogP contribution in [0.15, 0.2) is 18.3 Å². The maximum atomic E-state index is 12.1. The van der Waals surface area contributed by atoms with E-state index in [1.54, 1.807) is 19.2 Å². The van der Waals surface area contributed by atoms with Gasteiger partial charge in [-0.25, -0.2) is 0 Å². The van der Waals surface area contributed by atoms with Crippen molar-refractivity contribution in [3.63, 3.8) is 0 Å². The van der Waals surface area contributed by atoms with Gasteiger partial charge in [-0.2, -0.15) is 0 Å². The van der Waals surface area contributed by atoms with Gasteiger partial charge < -0.3 is 16.0 Å². The van der Waals surface area contributed by atoms with Crippen LogP contribution in [0.5, 0.6) is 0 Å². The summed E-state index contributed by atoms with van der Waals surface area (Å²) in [5.41, 5.74) is 1.14. The number of pyridine rings is 1. The van der Waals surface area contributed by atoms with Crippen LogP contribution in [-0.2, 0) is 4.79 Å². The molecule has 2 amide bonds. The zero-order valence-corrected chi connectivity index (χ0v) is 12.9. The van der Waals surface area contributed by atoms with Crippen molar-refractivity contribution < 1.29 is 9.59 Å². The fraction of sp³-hybridized carbons (Fsp3) is 0.533. The number of hydrogen-bond acceptors (Lipinski definition) is 4. The Hall–Kier alpha value is -2.11. The van der Waals surface area contributed by atoms with Gasteiger partial charge in [0.15, 0.2) is 0 Å². The molecule has 3 N–H and O–H groups in total. The molecule has 0 radical (unpaired) electrons. The second-order valence-corrected chi connectivity index (χ2v) is 4.84. The first-order valence-electron chi connectivity index (χ1n) is 7.37. The van der Waals surface area contributed by atoms with Gasteiger partial charge in [0.05, 0.1) is 0 Å². The smallest absolute Gasteiger partial charge is 0.270 e. The van der Waals surface area contributed by atoms with Crippen LogP contribution >= 0.6 is 0 Å². The molecule has 0 aliphatic heterocycles. The van der Waals surface area contributed by atoms with Gasteiger partial charge in [0.2, 0.25) is 5.91 Å². The van der Waals surface area contributed by atoms with Gasteiger partial charge in [-0.05, 0) is 31.9 Å². The third-order valence-corrected chi connectivity index (χ3v) is 2.86. The molecule has 1 aromatic rings. The van der Waals surface area contributed by atoms with Crippen molar-refractivity contribution in [1.29, 1.82) is 0 Å². The molecule has 0 saturated carbocycles. The quantitative estimate of drug-likeness (QED) is 0.679. The Morgan fingerprint density at radius 2 is 1.95 bits per heavy atom. The molecule has 0 aromatic carbocycles. The van der Waals surface area contributed by atoms with Gasteiger partial charge in [0, 0.05) is 25.0 Å². The molecule has 6 heteroatoms. The van der Waals surface area contributed by atoms with E-state index in [2.05, 4.69) is 27.9 Å². The summed E-state index contributed by atoms with van der Waals surface area (Å²) in [5, 5.41) is 8.58. The topological polar surface area (TPSA) is 83.1 Å². The van der Waals surface area contributed by atoms with E-state index in [1.165, 1.54) is 0 Å². The summed E-state index contributed by atoms with van der Waals surface area (Å²) < 4.78 is 0. The Morgan fingerprint density at radius 1 is 1.24 bits per heavy atom.